The van der Waals surface area contributed by atoms with Gasteiger partial charge >= 0.3 is 6.36 Å². The van der Waals surface area contributed by atoms with Crippen LogP contribution in [0.3, 0.4) is 0 Å². The number of hydrogen-bond donors (Lipinski definition) is 2. The van der Waals surface area contributed by atoms with Gasteiger partial charge in [0.05, 0.1) is 13.2 Å². The Morgan fingerprint density at radius 1 is 0.905 bits per heavy atom. The van der Waals surface area contributed by atoms with Gasteiger partial charge in [-0.3, -0.25) is 0 Å². The first kappa shape index (κ1) is 15.3. The molecule has 0 amide bonds. The van der Waals surface area contributed by atoms with Crippen LogP contribution in [0.25, 0.3) is 11.1 Å². The minimum absolute atomic E-state index is 0.236. The van der Waals surface area contributed by atoms with Crippen LogP contribution < -0.4 is 4.74 Å². The van der Waals surface area contributed by atoms with Crippen molar-refractivity contribution in [2.24, 2.45) is 0 Å². The summed E-state index contributed by atoms with van der Waals surface area (Å²) in [6.07, 6.45) is -4.79. The summed E-state index contributed by atoms with van der Waals surface area (Å²) in [4.78, 5) is 0. The largest absolute Gasteiger partial charge is 0.573 e. The lowest BCUT2D eigenvalue weighted by molar-refractivity contribution is -0.274. The minimum Gasteiger partial charge on any atom is -0.405 e. The van der Waals surface area contributed by atoms with Gasteiger partial charge in [-0.05, 0) is 34.9 Å². The van der Waals surface area contributed by atoms with Gasteiger partial charge < -0.3 is 14.9 Å². The van der Waals surface area contributed by atoms with Crippen molar-refractivity contribution >= 4 is 0 Å². The highest BCUT2D eigenvalue weighted by molar-refractivity contribution is 5.71. The van der Waals surface area contributed by atoms with Gasteiger partial charge in [0.25, 0.3) is 0 Å². The van der Waals surface area contributed by atoms with E-state index in [-0.39, 0.29) is 24.5 Å². The van der Waals surface area contributed by atoms with Crippen molar-refractivity contribution in [3.8, 4) is 16.9 Å². The molecule has 0 unspecified atom stereocenters. The molecule has 2 aromatic rings. The molecule has 0 fully saturated rings. The Labute approximate surface area is 119 Å². The van der Waals surface area contributed by atoms with Gasteiger partial charge in [0.2, 0.25) is 0 Å². The number of aliphatic hydroxyl groups is 2. The number of hydrogen-bond acceptors (Lipinski definition) is 3. The third-order valence-electron chi connectivity index (χ3n) is 2.84. The van der Waals surface area contributed by atoms with E-state index < -0.39 is 6.36 Å². The van der Waals surface area contributed by atoms with Crippen molar-refractivity contribution in [1.29, 1.82) is 0 Å². The zero-order valence-electron chi connectivity index (χ0n) is 10.9. The average Bonchev–Trinajstić information content (AvgIpc) is 2.45. The van der Waals surface area contributed by atoms with Gasteiger partial charge in [-0.1, -0.05) is 24.3 Å². The van der Waals surface area contributed by atoms with Gasteiger partial charge in [0.15, 0.2) is 0 Å². The molecule has 0 saturated heterocycles. The second-order valence-corrected chi connectivity index (χ2v) is 4.40. The van der Waals surface area contributed by atoms with Crippen molar-refractivity contribution in [2.45, 2.75) is 19.6 Å². The summed E-state index contributed by atoms with van der Waals surface area (Å²) < 4.78 is 41.3. The van der Waals surface area contributed by atoms with Crippen LogP contribution in [0.2, 0.25) is 0 Å². The van der Waals surface area contributed by atoms with Gasteiger partial charge in [-0.25, -0.2) is 0 Å². The highest BCUT2D eigenvalue weighted by atomic mass is 19.4. The molecule has 0 aliphatic rings. The summed E-state index contributed by atoms with van der Waals surface area (Å²) in [5.74, 6) is -0.330. The van der Waals surface area contributed by atoms with E-state index in [1.54, 1.807) is 24.3 Å². The molecule has 21 heavy (non-hydrogen) atoms. The molecule has 6 heteroatoms. The molecule has 112 valence electrons. The third-order valence-corrected chi connectivity index (χ3v) is 2.84. The Bertz CT molecular complexity index is 602. The Morgan fingerprint density at radius 3 is 2.00 bits per heavy atom. The van der Waals surface area contributed by atoms with Crippen molar-refractivity contribution in [3.63, 3.8) is 0 Å². The smallest absolute Gasteiger partial charge is 0.405 e. The first-order valence-electron chi connectivity index (χ1n) is 6.12. The molecule has 2 N–H and O–H groups in total. The van der Waals surface area contributed by atoms with Gasteiger partial charge in [0, 0.05) is 5.56 Å². The van der Waals surface area contributed by atoms with E-state index in [1.165, 1.54) is 18.2 Å². The van der Waals surface area contributed by atoms with Gasteiger partial charge in [-0.15, -0.1) is 13.2 Å². The lowest BCUT2D eigenvalue weighted by Gasteiger charge is -2.14. The van der Waals surface area contributed by atoms with Crippen LogP contribution in [0.4, 0.5) is 13.2 Å². The topological polar surface area (TPSA) is 49.7 Å². The van der Waals surface area contributed by atoms with Crippen LogP contribution in [0.15, 0.2) is 42.5 Å². The molecule has 2 rings (SSSR count). The Balaban J connectivity index is 2.51. The van der Waals surface area contributed by atoms with E-state index in [4.69, 9.17) is 0 Å². The van der Waals surface area contributed by atoms with Crippen LogP contribution >= 0.6 is 0 Å². The van der Waals surface area contributed by atoms with E-state index >= 15 is 0 Å². The number of rotatable bonds is 4. The fraction of sp³-hybridized carbons (Fsp3) is 0.200. The summed E-state index contributed by atoms with van der Waals surface area (Å²) in [5.41, 5.74) is 1.67. The Morgan fingerprint density at radius 2 is 1.48 bits per heavy atom. The van der Waals surface area contributed by atoms with Crippen LogP contribution in [-0.4, -0.2) is 16.6 Å². The number of alkyl halides is 3. The summed E-state index contributed by atoms with van der Waals surface area (Å²) in [6.45, 7) is -0.549. The molecule has 0 saturated carbocycles. The number of ether oxygens (including phenoxy) is 1. The highest BCUT2D eigenvalue weighted by Gasteiger charge is 2.32. The quantitative estimate of drug-likeness (QED) is 0.911. The zero-order valence-corrected chi connectivity index (χ0v) is 10.9. The molecule has 0 atom stereocenters. The second kappa shape index (κ2) is 6.15. The van der Waals surface area contributed by atoms with Crippen LogP contribution in [-0.2, 0) is 13.2 Å². The lowest BCUT2D eigenvalue weighted by Crippen LogP contribution is -2.17. The fourth-order valence-corrected chi connectivity index (χ4v) is 2.02. The predicted octanol–water partition coefficient (Wildman–Crippen LogP) is 3.24. The van der Waals surface area contributed by atoms with Crippen LogP contribution in [0, 0.1) is 0 Å². The SMILES string of the molecule is OCc1cc(CO)cc(-c2ccccc2OC(F)(F)F)c1. The van der Waals surface area contributed by atoms with Crippen molar-refractivity contribution in [2.75, 3.05) is 0 Å². The number of benzene rings is 2. The third kappa shape index (κ3) is 3.96. The first-order valence-corrected chi connectivity index (χ1v) is 6.12. The van der Waals surface area contributed by atoms with E-state index in [1.807, 2.05) is 0 Å². The van der Waals surface area contributed by atoms with E-state index in [2.05, 4.69) is 4.74 Å². The van der Waals surface area contributed by atoms with Crippen LogP contribution in [0.1, 0.15) is 11.1 Å². The summed E-state index contributed by atoms with van der Waals surface area (Å²) >= 11 is 0. The predicted molar refractivity (Wildman–Crippen MR) is 70.4 cm³/mol. The zero-order chi connectivity index (χ0) is 15.5. The number of halogens is 3. The normalized spacial score (nSPS) is 11.5. The average molecular weight is 298 g/mol. The molecule has 3 nitrogen and oxygen atoms in total. The van der Waals surface area contributed by atoms with E-state index in [0.29, 0.717) is 16.7 Å². The summed E-state index contributed by atoms with van der Waals surface area (Å²) in [5, 5.41) is 18.4. The molecule has 0 aliphatic carbocycles. The van der Waals surface area contributed by atoms with Crippen molar-refractivity contribution in [3.05, 3.63) is 53.6 Å². The number of para-hydroxylation sites is 1. The fourth-order valence-electron chi connectivity index (χ4n) is 2.02. The van der Waals surface area contributed by atoms with Crippen LogP contribution in [0.5, 0.6) is 5.75 Å². The Kier molecular flexibility index (Phi) is 4.50. The monoisotopic (exact) mass is 298 g/mol. The highest BCUT2D eigenvalue weighted by Crippen LogP contribution is 2.34. The van der Waals surface area contributed by atoms with Crippen molar-refractivity contribution in [1.82, 2.24) is 0 Å². The second-order valence-electron chi connectivity index (χ2n) is 4.40. The molecular weight excluding hydrogens is 285 g/mol. The summed E-state index contributed by atoms with van der Waals surface area (Å²) in [7, 11) is 0. The Hall–Kier alpha value is -2.05. The first-order chi connectivity index (χ1) is 9.93. The molecule has 0 aromatic heterocycles. The molecule has 0 radical (unpaired) electrons. The maximum absolute atomic E-state index is 12.4. The minimum atomic E-state index is -4.79. The molecule has 0 bridgehead atoms. The van der Waals surface area contributed by atoms with Crippen molar-refractivity contribution < 1.29 is 28.1 Å². The lowest BCUT2D eigenvalue weighted by atomic mass is 9.99. The van der Waals surface area contributed by atoms with Gasteiger partial charge in [-0.2, -0.15) is 0 Å². The molecule has 0 aliphatic heterocycles. The summed E-state index contributed by atoms with van der Waals surface area (Å²) in [6, 6.07) is 10.4. The standard InChI is InChI=1S/C15H13F3O3/c16-15(17,18)21-14-4-2-1-3-13(14)12-6-10(8-19)5-11(7-12)9-20/h1-7,19-20H,8-9H2. The molecule has 0 spiro atoms. The van der Waals surface area contributed by atoms with Gasteiger partial charge in [0.1, 0.15) is 5.75 Å². The molecular formula is C15H13F3O3. The van der Waals surface area contributed by atoms with E-state index in [0.717, 1.165) is 0 Å². The van der Waals surface area contributed by atoms with E-state index in [9.17, 15) is 23.4 Å². The molecule has 0 heterocycles. The number of aliphatic hydroxyl groups excluding tert-OH is 2. The molecule has 2 aromatic carbocycles. The maximum Gasteiger partial charge on any atom is 0.573 e. The maximum atomic E-state index is 12.4.